The molecule has 0 bridgehead atoms. The Labute approximate surface area is 601 Å². The number of nitrogens with one attached hydrogen (secondary N) is 3. The second kappa shape index (κ2) is 32.3. The second-order valence-corrected chi connectivity index (χ2v) is 35.5. The number of halogens is 5. The number of benzene rings is 4. The molecule has 1 aromatic heterocycles. The summed E-state index contributed by atoms with van der Waals surface area (Å²) in [5, 5.41) is 6.08. The summed E-state index contributed by atoms with van der Waals surface area (Å²) < 4.78 is 129. The third kappa shape index (κ3) is 18.7. The van der Waals surface area contributed by atoms with Gasteiger partial charge in [-0.05, 0) is 154 Å². The van der Waals surface area contributed by atoms with Crippen molar-refractivity contribution in [3.8, 4) is 10.4 Å². The predicted molar refractivity (Wildman–Crippen MR) is 388 cm³/mol. The molecule has 17 nitrogen and oxygen atoms in total. The highest BCUT2D eigenvalue weighted by atomic mass is 32.2. The van der Waals surface area contributed by atoms with E-state index in [9.17, 15) is 58.0 Å². The topological polar surface area (TPSA) is 202 Å². The van der Waals surface area contributed by atoms with Crippen molar-refractivity contribution in [1.29, 1.82) is 0 Å². The van der Waals surface area contributed by atoms with Crippen molar-refractivity contribution in [3.63, 3.8) is 0 Å². The van der Waals surface area contributed by atoms with E-state index in [1.165, 1.54) is 35.0 Å². The van der Waals surface area contributed by atoms with Gasteiger partial charge in [0.05, 0.1) is 26.7 Å². The molecule has 4 amide bonds. The van der Waals surface area contributed by atoms with Crippen LogP contribution in [0.1, 0.15) is 153 Å². The van der Waals surface area contributed by atoms with Crippen molar-refractivity contribution in [2.24, 2.45) is 22.2 Å². The number of nitrogens with zero attached hydrogens (tertiary/aromatic N) is 6. The van der Waals surface area contributed by atoms with Gasteiger partial charge in [-0.2, -0.15) is 13.2 Å². The van der Waals surface area contributed by atoms with Crippen LogP contribution in [0.15, 0.2) is 128 Å². The van der Waals surface area contributed by atoms with Crippen molar-refractivity contribution in [3.05, 3.63) is 131 Å². The van der Waals surface area contributed by atoms with E-state index < -0.39 is 76.1 Å². The number of thiazole rings is 1. The average molecular weight is 1480 g/mol. The minimum absolute atomic E-state index is 0.0228. The molecule has 0 spiro atoms. The molecule has 550 valence electrons. The van der Waals surface area contributed by atoms with Crippen molar-refractivity contribution < 1.29 is 58.0 Å². The number of carbonyl (C=O) groups excluding carboxylic acids is 4. The maximum Gasteiger partial charge on any atom is 0.501 e. The highest BCUT2D eigenvalue weighted by Crippen LogP contribution is 2.65. The number of thioether (sulfide) groups is 1. The first-order valence-corrected chi connectivity index (χ1v) is 40.2. The van der Waals surface area contributed by atoms with Gasteiger partial charge in [-0.1, -0.05) is 102 Å². The number of allylic oxidation sites excluding steroid dienone is 1. The molecule has 2 aliphatic carbocycles. The Morgan fingerprint density at radius 1 is 0.822 bits per heavy atom. The van der Waals surface area contributed by atoms with Crippen molar-refractivity contribution >= 4 is 78.0 Å². The summed E-state index contributed by atoms with van der Waals surface area (Å²) in [6.07, 6.45) is 4.65. The van der Waals surface area contributed by atoms with Crippen molar-refractivity contribution in [1.82, 2.24) is 34.6 Å². The lowest BCUT2D eigenvalue weighted by Crippen LogP contribution is -2.56. The SMILES string of the molecule is CCC1(C(F)F)CC1C1=C(CN2CCN(c3ccc(C(=O)NS(=O)(=O)c4ccc(NC(CCN5CCN(C(=O)CCCCC(=O)NC(C(=O)N6CCCC6C(C)c6ccc(-c7scnc7C)cc6)C(C)(C)C)CC5)CSc5ccccc5)c(S(=O)(=O)C(F)(F)F)c4)cc3)CC2)CCC(C)(C)C1. The molecule has 6 atom stereocenters. The molecule has 5 aromatic rings. The molecule has 10 rings (SSSR count). The van der Waals surface area contributed by atoms with E-state index in [4.69, 9.17) is 0 Å². The smallest absolute Gasteiger partial charge is 0.380 e. The number of carbonyl (C=O) groups is 4. The van der Waals surface area contributed by atoms with Gasteiger partial charge >= 0.3 is 5.51 Å². The summed E-state index contributed by atoms with van der Waals surface area (Å²) in [4.78, 5) is 69.6. The van der Waals surface area contributed by atoms with Crippen LogP contribution >= 0.6 is 23.1 Å². The Morgan fingerprint density at radius 3 is 2.12 bits per heavy atom. The van der Waals surface area contributed by atoms with Crippen LogP contribution in [-0.4, -0.2) is 173 Å². The minimum atomic E-state index is -6.19. The number of sulfone groups is 1. The van der Waals surface area contributed by atoms with Crippen molar-refractivity contribution in [2.75, 3.05) is 88.0 Å². The molecule has 26 heteroatoms. The fraction of sp³-hybridized carbons (Fsp3) is 0.560. The van der Waals surface area contributed by atoms with Crippen LogP contribution in [0, 0.1) is 29.1 Å². The molecule has 0 radical (unpaired) electrons. The summed E-state index contributed by atoms with van der Waals surface area (Å²) in [6, 6.07) is 24.8. The zero-order valence-electron chi connectivity index (χ0n) is 59.2. The Morgan fingerprint density at radius 2 is 1.50 bits per heavy atom. The highest BCUT2D eigenvalue weighted by molar-refractivity contribution is 7.99. The normalized spacial score (nSPS) is 21.1. The van der Waals surface area contributed by atoms with E-state index in [2.05, 4.69) is 75.4 Å². The molecule has 3 N–H and O–H groups in total. The quantitative estimate of drug-likeness (QED) is 0.0185. The first-order valence-electron chi connectivity index (χ1n) is 35.4. The number of amides is 4. The van der Waals surface area contributed by atoms with Crippen LogP contribution in [0.5, 0.6) is 0 Å². The number of piperazine rings is 2. The fourth-order valence-corrected chi connectivity index (χ4v) is 18.8. The summed E-state index contributed by atoms with van der Waals surface area (Å²) in [7, 11) is -11.1. The fourth-order valence-electron chi connectivity index (χ4n) is 14.9. The molecule has 1 saturated carbocycles. The standard InChI is InChI=1S/C75H98F5N9O8S4/c1-9-74(71(76)77)46-61(74)60-45-73(7,8)33-31-55(60)47-86-38-40-87(41-39-86)57-27-25-54(26-28-57)69(92)84-101(96,97)59-29-30-62(64(44-59)100(94,95)75(78,79)80)82-56(48-98-58-16-11-10-12-17-58)32-35-85-36-42-88(43-37-85)66(91)20-14-13-19-65(90)83-68(72(4,5)6)70(93)89-34-15-18-63(89)50(2)52-21-23-53(24-22-52)67-51(3)81-49-99-67/h10-12,16-17,21-30,44,49-50,56,61,63,68,71,82H,9,13-15,18-20,31-43,45-48H2,1-8H3,(H,83,90)(H,84,92). The van der Waals surface area contributed by atoms with Crippen LogP contribution in [0.2, 0.25) is 0 Å². The third-order valence-electron chi connectivity index (χ3n) is 21.4. The number of aryl methyl sites for hydroxylation is 1. The monoisotopic (exact) mass is 1480 g/mol. The van der Waals surface area contributed by atoms with E-state index >= 15 is 0 Å². The number of rotatable bonds is 28. The Kier molecular flexibility index (Phi) is 24.7. The maximum atomic E-state index is 14.6. The van der Waals surface area contributed by atoms with E-state index in [0.29, 0.717) is 104 Å². The third-order valence-corrected chi connectivity index (χ3v) is 26.4. The second-order valence-electron chi connectivity index (χ2n) is 29.9. The number of unbranched alkanes of at least 4 members (excludes halogenated alkanes) is 1. The van der Waals surface area contributed by atoms with E-state index in [1.807, 2.05) is 80.1 Å². The lowest BCUT2D eigenvalue weighted by atomic mass is 9.72. The number of aromatic nitrogens is 1. The summed E-state index contributed by atoms with van der Waals surface area (Å²) in [6.45, 7) is 22.5. The van der Waals surface area contributed by atoms with Crippen molar-refractivity contribution in [2.45, 2.75) is 183 Å². The molecule has 4 aromatic carbocycles. The predicted octanol–water partition coefficient (Wildman–Crippen LogP) is 13.8. The van der Waals surface area contributed by atoms with Gasteiger partial charge in [0.15, 0.2) is 0 Å². The maximum absolute atomic E-state index is 14.6. The molecule has 6 unspecified atom stereocenters. The van der Waals surface area contributed by atoms with Gasteiger partial charge < -0.3 is 25.3 Å². The molecule has 5 aliphatic rings. The molecular formula is C75H98F5N9O8S4. The molecule has 101 heavy (non-hydrogen) atoms. The lowest BCUT2D eigenvalue weighted by molar-refractivity contribution is -0.140. The first-order chi connectivity index (χ1) is 47.8. The Balaban J connectivity index is 0.706. The summed E-state index contributed by atoms with van der Waals surface area (Å²) in [5.41, 5.74) is 0.555. The minimum Gasteiger partial charge on any atom is -0.380 e. The number of likely N-dealkylation sites (tertiary alicyclic amines) is 1. The number of hydrogen-bond donors (Lipinski definition) is 3. The zero-order chi connectivity index (χ0) is 72.8. The molecule has 3 aliphatic heterocycles. The van der Waals surface area contributed by atoms with Gasteiger partial charge in [0.25, 0.3) is 25.8 Å². The Bertz CT molecular complexity index is 3990. The zero-order valence-corrected chi connectivity index (χ0v) is 62.5. The molecule has 4 fully saturated rings. The van der Waals surface area contributed by atoms with Crippen LogP contribution in [0.4, 0.5) is 33.3 Å². The molecular weight excluding hydrogens is 1380 g/mol. The van der Waals surface area contributed by atoms with E-state index in [0.717, 1.165) is 83.1 Å². The number of anilines is 2. The van der Waals surface area contributed by atoms with Gasteiger partial charge in [0, 0.05) is 130 Å². The van der Waals surface area contributed by atoms with Gasteiger partial charge in [0.2, 0.25) is 24.1 Å². The van der Waals surface area contributed by atoms with Gasteiger partial charge in [-0.3, -0.25) is 29.0 Å². The first kappa shape index (κ1) is 77.2. The van der Waals surface area contributed by atoms with E-state index in [1.54, 1.807) is 28.4 Å². The highest BCUT2D eigenvalue weighted by Gasteiger charge is 2.61. The summed E-state index contributed by atoms with van der Waals surface area (Å²) >= 11 is 3.00. The average Bonchev–Trinajstić information content (AvgIpc) is 1.59. The van der Waals surface area contributed by atoms with Gasteiger partial charge in [0.1, 0.15) is 10.9 Å². The van der Waals surface area contributed by atoms with Crippen LogP contribution < -0.4 is 20.3 Å². The van der Waals surface area contributed by atoms with Crippen LogP contribution in [0.25, 0.3) is 10.4 Å². The van der Waals surface area contributed by atoms with Crippen LogP contribution in [-0.2, 0) is 34.2 Å². The summed E-state index contributed by atoms with van der Waals surface area (Å²) in [5.74, 6) is -1.24. The largest absolute Gasteiger partial charge is 0.501 e. The van der Waals surface area contributed by atoms with E-state index in [-0.39, 0.29) is 65.2 Å². The van der Waals surface area contributed by atoms with Gasteiger partial charge in [-0.25, -0.2) is 35.3 Å². The van der Waals surface area contributed by atoms with Crippen LogP contribution in [0.3, 0.4) is 0 Å². The molecule has 3 saturated heterocycles. The van der Waals surface area contributed by atoms with Gasteiger partial charge in [-0.15, -0.1) is 23.1 Å². The number of alkyl halides is 5. The Hall–Kier alpha value is -6.45. The number of sulfonamides is 1. The lowest BCUT2D eigenvalue weighted by Gasteiger charge is -2.39. The number of hydrogen-bond acceptors (Lipinski definition) is 15. The molecule has 4 heterocycles.